The lowest BCUT2D eigenvalue weighted by atomic mass is 10.1. The van der Waals surface area contributed by atoms with Crippen LogP contribution in [0.15, 0.2) is 12.1 Å². The van der Waals surface area contributed by atoms with E-state index in [0.29, 0.717) is 6.61 Å². The van der Waals surface area contributed by atoms with E-state index in [1.807, 2.05) is 0 Å². The van der Waals surface area contributed by atoms with Gasteiger partial charge in [0.25, 0.3) is 0 Å². The third-order valence-corrected chi connectivity index (χ3v) is 4.03. The normalized spacial score (nSPS) is 10.9. The minimum atomic E-state index is -1.25. The largest absolute Gasteiger partial charge is 0.505 e. The highest BCUT2D eigenvalue weighted by atomic mass is 19.2. The van der Waals surface area contributed by atoms with Gasteiger partial charge in [0.05, 0.1) is 6.61 Å². The lowest BCUT2D eigenvalue weighted by Gasteiger charge is -2.08. The smallest absolute Gasteiger partial charge is 0.204 e. The Labute approximate surface area is 138 Å². The Balaban J connectivity index is 1.97. The van der Waals surface area contributed by atoms with Crippen molar-refractivity contribution in [2.24, 2.45) is 0 Å². The zero-order valence-corrected chi connectivity index (χ0v) is 14.3. The summed E-state index contributed by atoms with van der Waals surface area (Å²) in [6, 6.07) is 2.36. The molecule has 1 rings (SSSR count). The average molecular weight is 328 g/mol. The van der Waals surface area contributed by atoms with Gasteiger partial charge in [0, 0.05) is 0 Å². The van der Waals surface area contributed by atoms with Crippen LogP contribution in [0.25, 0.3) is 0 Å². The SMILES string of the molecule is CCCCCCCCCCCCCOc1ccc(O)c(F)c1F. The van der Waals surface area contributed by atoms with Crippen molar-refractivity contribution in [2.45, 2.75) is 77.6 Å². The number of aromatic hydroxyl groups is 1. The number of hydrogen-bond acceptors (Lipinski definition) is 2. The van der Waals surface area contributed by atoms with Gasteiger partial charge in [0.2, 0.25) is 11.6 Å². The molecule has 4 heteroatoms. The van der Waals surface area contributed by atoms with Crippen LogP contribution in [-0.4, -0.2) is 11.7 Å². The van der Waals surface area contributed by atoms with Crippen molar-refractivity contribution in [2.75, 3.05) is 6.61 Å². The number of phenolic OH excluding ortho intramolecular Hbond substituents is 1. The molecule has 0 saturated carbocycles. The highest BCUT2D eigenvalue weighted by molar-refractivity contribution is 5.33. The predicted molar refractivity (Wildman–Crippen MR) is 90.0 cm³/mol. The van der Waals surface area contributed by atoms with Gasteiger partial charge in [-0.15, -0.1) is 0 Å². The van der Waals surface area contributed by atoms with Gasteiger partial charge in [0.1, 0.15) is 0 Å². The van der Waals surface area contributed by atoms with Crippen LogP contribution in [-0.2, 0) is 0 Å². The summed E-state index contributed by atoms with van der Waals surface area (Å²) < 4.78 is 31.8. The molecule has 0 aromatic heterocycles. The standard InChI is InChI=1S/C19H30F2O2/c1-2-3-4-5-6-7-8-9-10-11-12-15-23-17-14-13-16(22)18(20)19(17)21/h13-14,22H,2-12,15H2,1H3. The Morgan fingerprint density at radius 2 is 1.30 bits per heavy atom. The lowest BCUT2D eigenvalue weighted by molar-refractivity contribution is 0.281. The molecule has 0 aliphatic heterocycles. The van der Waals surface area contributed by atoms with Crippen molar-refractivity contribution in [3.05, 3.63) is 23.8 Å². The molecule has 1 aromatic carbocycles. The molecule has 132 valence electrons. The number of rotatable bonds is 13. The first-order valence-electron chi connectivity index (χ1n) is 8.96. The molecule has 0 saturated heterocycles. The zero-order valence-electron chi connectivity index (χ0n) is 14.3. The second kappa shape index (κ2) is 12.1. The van der Waals surface area contributed by atoms with Crippen molar-refractivity contribution in [1.29, 1.82) is 0 Å². The summed E-state index contributed by atoms with van der Waals surface area (Å²) in [5.74, 6) is -3.19. The van der Waals surface area contributed by atoms with E-state index < -0.39 is 17.4 Å². The Bertz CT molecular complexity index is 436. The van der Waals surface area contributed by atoms with E-state index in [2.05, 4.69) is 6.92 Å². The Morgan fingerprint density at radius 1 is 0.783 bits per heavy atom. The van der Waals surface area contributed by atoms with Gasteiger partial charge >= 0.3 is 0 Å². The van der Waals surface area contributed by atoms with Gasteiger partial charge in [-0.2, -0.15) is 8.78 Å². The topological polar surface area (TPSA) is 29.5 Å². The Kier molecular flexibility index (Phi) is 10.4. The van der Waals surface area contributed by atoms with Gasteiger partial charge in [-0.3, -0.25) is 0 Å². The molecule has 0 aliphatic carbocycles. The molecule has 1 N–H and O–H groups in total. The number of phenols is 1. The van der Waals surface area contributed by atoms with Gasteiger partial charge in [-0.1, -0.05) is 71.1 Å². The third kappa shape index (κ3) is 8.19. The fraction of sp³-hybridized carbons (Fsp3) is 0.684. The summed E-state index contributed by atoms with van der Waals surface area (Å²) in [7, 11) is 0. The maximum atomic E-state index is 13.4. The highest BCUT2D eigenvalue weighted by Crippen LogP contribution is 2.26. The number of benzene rings is 1. The molecule has 0 heterocycles. The molecule has 0 bridgehead atoms. The van der Waals surface area contributed by atoms with Crippen molar-refractivity contribution >= 4 is 0 Å². The summed E-state index contributed by atoms with van der Waals surface area (Å²) in [5.41, 5.74) is 0. The van der Waals surface area contributed by atoms with Gasteiger partial charge in [-0.25, -0.2) is 0 Å². The second-order valence-electron chi connectivity index (χ2n) is 6.09. The molecule has 0 aliphatic rings. The highest BCUT2D eigenvalue weighted by Gasteiger charge is 2.13. The van der Waals surface area contributed by atoms with Gasteiger partial charge in [-0.05, 0) is 18.6 Å². The monoisotopic (exact) mass is 328 g/mol. The molecular formula is C19H30F2O2. The minimum absolute atomic E-state index is 0.132. The van der Waals surface area contributed by atoms with E-state index in [-0.39, 0.29) is 5.75 Å². The molecule has 23 heavy (non-hydrogen) atoms. The number of halogens is 2. The summed E-state index contributed by atoms with van der Waals surface area (Å²) in [6.07, 6.45) is 13.6. The molecule has 0 fully saturated rings. The van der Waals surface area contributed by atoms with Crippen LogP contribution in [0, 0.1) is 11.6 Å². The van der Waals surface area contributed by atoms with Crippen molar-refractivity contribution in [3.8, 4) is 11.5 Å². The molecule has 0 atom stereocenters. The molecule has 1 aromatic rings. The number of unbranched alkanes of at least 4 members (excludes halogenated alkanes) is 10. The molecular weight excluding hydrogens is 298 g/mol. The second-order valence-corrected chi connectivity index (χ2v) is 6.09. The first-order valence-corrected chi connectivity index (χ1v) is 8.96. The molecule has 0 spiro atoms. The lowest BCUT2D eigenvalue weighted by Crippen LogP contribution is -2.00. The molecule has 2 nitrogen and oxygen atoms in total. The van der Waals surface area contributed by atoms with E-state index in [0.717, 1.165) is 25.3 Å². The fourth-order valence-corrected chi connectivity index (χ4v) is 2.58. The van der Waals surface area contributed by atoms with Crippen LogP contribution in [0.2, 0.25) is 0 Å². The van der Waals surface area contributed by atoms with Crippen LogP contribution >= 0.6 is 0 Å². The van der Waals surface area contributed by atoms with E-state index in [1.54, 1.807) is 0 Å². The Hall–Kier alpha value is -1.32. The third-order valence-electron chi connectivity index (χ3n) is 4.03. The van der Waals surface area contributed by atoms with Crippen molar-refractivity contribution in [3.63, 3.8) is 0 Å². The van der Waals surface area contributed by atoms with Crippen LogP contribution < -0.4 is 4.74 Å². The first-order chi connectivity index (χ1) is 11.2. The van der Waals surface area contributed by atoms with Crippen LogP contribution in [0.5, 0.6) is 11.5 Å². The maximum absolute atomic E-state index is 13.4. The summed E-state index contributed by atoms with van der Waals surface area (Å²) in [5, 5.41) is 9.03. The molecule has 0 unspecified atom stereocenters. The van der Waals surface area contributed by atoms with Crippen molar-refractivity contribution < 1.29 is 18.6 Å². The zero-order chi connectivity index (χ0) is 16.9. The van der Waals surface area contributed by atoms with E-state index in [1.165, 1.54) is 57.4 Å². The molecule has 0 amide bonds. The fourth-order valence-electron chi connectivity index (χ4n) is 2.58. The van der Waals surface area contributed by atoms with Crippen molar-refractivity contribution in [1.82, 2.24) is 0 Å². The minimum Gasteiger partial charge on any atom is -0.505 e. The van der Waals surface area contributed by atoms with Crippen LogP contribution in [0.1, 0.15) is 77.6 Å². The van der Waals surface area contributed by atoms with Gasteiger partial charge < -0.3 is 9.84 Å². The van der Waals surface area contributed by atoms with Crippen LogP contribution in [0.4, 0.5) is 8.78 Å². The summed E-state index contributed by atoms with van der Waals surface area (Å²) in [6.45, 7) is 2.61. The van der Waals surface area contributed by atoms with E-state index in [4.69, 9.17) is 9.84 Å². The molecule has 0 radical (unpaired) electrons. The maximum Gasteiger partial charge on any atom is 0.204 e. The average Bonchev–Trinajstić information content (AvgIpc) is 2.55. The Morgan fingerprint density at radius 3 is 1.87 bits per heavy atom. The first kappa shape index (κ1) is 19.7. The predicted octanol–water partition coefficient (Wildman–Crippen LogP) is 6.36. The number of ether oxygens (including phenoxy) is 1. The van der Waals surface area contributed by atoms with Crippen LogP contribution in [0.3, 0.4) is 0 Å². The van der Waals surface area contributed by atoms with E-state index >= 15 is 0 Å². The summed E-state index contributed by atoms with van der Waals surface area (Å²) in [4.78, 5) is 0. The van der Waals surface area contributed by atoms with Gasteiger partial charge in [0.15, 0.2) is 11.5 Å². The van der Waals surface area contributed by atoms with E-state index in [9.17, 15) is 8.78 Å². The quantitative estimate of drug-likeness (QED) is 0.427. The summed E-state index contributed by atoms with van der Waals surface area (Å²) >= 11 is 0. The number of hydrogen-bond donors (Lipinski definition) is 1.